The highest BCUT2D eigenvalue weighted by atomic mass is 14.9. The third kappa shape index (κ3) is 2.46. The molecule has 0 amide bonds. The van der Waals surface area contributed by atoms with Gasteiger partial charge in [0.2, 0.25) is 0 Å². The summed E-state index contributed by atoms with van der Waals surface area (Å²) in [5.41, 5.74) is 1.69. The van der Waals surface area contributed by atoms with Crippen molar-refractivity contribution in [1.82, 2.24) is 5.32 Å². The van der Waals surface area contributed by atoms with Crippen LogP contribution < -0.4 is 5.32 Å². The van der Waals surface area contributed by atoms with Crippen molar-refractivity contribution >= 4 is 0 Å². The molecule has 16 heavy (non-hydrogen) atoms. The highest BCUT2D eigenvalue weighted by molar-refractivity contribution is 5.25. The molecule has 1 heterocycles. The molecule has 1 atom stereocenters. The second-order valence-electron chi connectivity index (χ2n) is 5.44. The van der Waals surface area contributed by atoms with Crippen molar-refractivity contribution in [3.05, 3.63) is 35.9 Å². The molecule has 0 saturated carbocycles. The lowest BCUT2D eigenvalue weighted by atomic mass is 9.76. The van der Waals surface area contributed by atoms with Crippen LogP contribution in [0.4, 0.5) is 0 Å². The maximum Gasteiger partial charge on any atom is 0.0159 e. The van der Waals surface area contributed by atoms with Crippen molar-refractivity contribution in [3.8, 4) is 0 Å². The summed E-state index contributed by atoms with van der Waals surface area (Å²) in [4.78, 5) is 0. The van der Waals surface area contributed by atoms with Crippen molar-refractivity contribution < 1.29 is 0 Å². The Balaban J connectivity index is 2.16. The molecule has 1 aliphatic heterocycles. The summed E-state index contributed by atoms with van der Waals surface area (Å²) in [5, 5.41) is 3.72. The number of nitrogens with one attached hydrogen (secondary N) is 1. The lowest BCUT2D eigenvalue weighted by Crippen LogP contribution is -2.44. The fourth-order valence-corrected chi connectivity index (χ4v) is 2.71. The average Bonchev–Trinajstić information content (AvgIpc) is 2.59. The number of rotatable bonds is 2. The van der Waals surface area contributed by atoms with Gasteiger partial charge in [0.1, 0.15) is 0 Å². The van der Waals surface area contributed by atoms with Crippen LogP contribution in [0.25, 0.3) is 0 Å². The Hall–Kier alpha value is -0.820. The molecule has 0 aliphatic carbocycles. The van der Waals surface area contributed by atoms with Crippen LogP contribution in [0.15, 0.2) is 30.3 Å². The van der Waals surface area contributed by atoms with E-state index in [9.17, 15) is 0 Å². The van der Waals surface area contributed by atoms with E-state index in [0.717, 1.165) is 0 Å². The van der Waals surface area contributed by atoms with Crippen LogP contribution in [0.5, 0.6) is 0 Å². The quantitative estimate of drug-likeness (QED) is 0.799. The Morgan fingerprint density at radius 2 is 1.81 bits per heavy atom. The topological polar surface area (TPSA) is 12.0 Å². The van der Waals surface area contributed by atoms with Gasteiger partial charge in [0.15, 0.2) is 0 Å². The molecule has 1 unspecified atom stereocenters. The van der Waals surface area contributed by atoms with Gasteiger partial charge in [-0.1, -0.05) is 57.0 Å². The predicted octanol–water partition coefficient (Wildman–Crippen LogP) is 3.50. The lowest BCUT2D eigenvalue weighted by molar-refractivity contribution is 0.334. The zero-order valence-corrected chi connectivity index (χ0v) is 10.5. The molecule has 1 N–H and O–H groups in total. The van der Waals surface area contributed by atoms with Crippen LogP contribution in [0.1, 0.15) is 45.1 Å². The van der Waals surface area contributed by atoms with Crippen LogP contribution in [-0.4, -0.2) is 12.6 Å². The van der Waals surface area contributed by atoms with E-state index < -0.39 is 0 Å². The summed E-state index contributed by atoms with van der Waals surface area (Å²) in [6.45, 7) is 5.91. The summed E-state index contributed by atoms with van der Waals surface area (Å²) in [5.74, 6) is 0. The van der Waals surface area contributed by atoms with Crippen molar-refractivity contribution in [2.45, 2.75) is 51.0 Å². The molecule has 0 aromatic heterocycles. The van der Waals surface area contributed by atoms with Gasteiger partial charge in [0, 0.05) is 11.5 Å². The first-order valence-electron chi connectivity index (χ1n) is 6.50. The zero-order chi connectivity index (χ0) is 11.4. The molecule has 0 spiro atoms. The standard InChI is InChI=1S/C15H23N/c1-15(2,13-9-5-3-6-10-13)14-11-7-4-8-12-16-14/h3,5-6,9-10,14,16H,4,7-8,11-12H2,1-2H3. The number of benzene rings is 1. The Morgan fingerprint density at radius 1 is 1.06 bits per heavy atom. The predicted molar refractivity (Wildman–Crippen MR) is 69.7 cm³/mol. The van der Waals surface area contributed by atoms with E-state index in [1.54, 1.807) is 0 Å². The first kappa shape index (κ1) is 11.7. The van der Waals surface area contributed by atoms with Gasteiger partial charge in [-0.2, -0.15) is 0 Å². The van der Waals surface area contributed by atoms with Crippen LogP contribution in [0.3, 0.4) is 0 Å². The smallest absolute Gasteiger partial charge is 0.0159 e. The maximum absolute atomic E-state index is 3.72. The fourth-order valence-electron chi connectivity index (χ4n) is 2.71. The summed E-state index contributed by atoms with van der Waals surface area (Å²) in [6.07, 6.45) is 5.39. The van der Waals surface area contributed by atoms with Crippen LogP contribution in [0.2, 0.25) is 0 Å². The molecular formula is C15H23N. The van der Waals surface area contributed by atoms with Crippen LogP contribution in [0, 0.1) is 0 Å². The van der Waals surface area contributed by atoms with Crippen molar-refractivity contribution in [1.29, 1.82) is 0 Å². The normalized spacial score (nSPS) is 22.8. The second kappa shape index (κ2) is 5.01. The Kier molecular flexibility index (Phi) is 3.65. The van der Waals surface area contributed by atoms with Gasteiger partial charge < -0.3 is 5.32 Å². The van der Waals surface area contributed by atoms with E-state index in [0.29, 0.717) is 6.04 Å². The fraction of sp³-hybridized carbons (Fsp3) is 0.600. The SMILES string of the molecule is CC(C)(c1ccccc1)C1CCCCCN1. The van der Waals surface area contributed by atoms with Gasteiger partial charge in [-0.05, 0) is 24.9 Å². The Morgan fingerprint density at radius 3 is 2.56 bits per heavy atom. The highest BCUT2D eigenvalue weighted by Crippen LogP contribution is 2.30. The van der Waals surface area contributed by atoms with E-state index >= 15 is 0 Å². The zero-order valence-electron chi connectivity index (χ0n) is 10.5. The highest BCUT2D eigenvalue weighted by Gasteiger charge is 2.30. The van der Waals surface area contributed by atoms with Gasteiger partial charge in [-0.3, -0.25) is 0 Å². The number of hydrogen-bond acceptors (Lipinski definition) is 1. The summed E-state index contributed by atoms with van der Waals surface area (Å²) in [6, 6.07) is 11.5. The van der Waals surface area contributed by atoms with Gasteiger partial charge in [-0.15, -0.1) is 0 Å². The molecule has 0 bridgehead atoms. The molecule has 2 rings (SSSR count). The van der Waals surface area contributed by atoms with Crippen molar-refractivity contribution in [2.24, 2.45) is 0 Å². The van der Waals surface area contributed by atoms with Gasteiger partial charge in [-0.25, -0.2) is 0 Å². The van der Waals surface area contributed by atoms with Crippen molar-refractivity contribution in [3.63, 3.8) is 0 Å². The monoisotopic (exact) mass is 217 g/mol. The number of hydrogen-bond donors (Lipinski definition) is 1. The van der Waals surface area contributed by atoms with Gasteiger partial charge in [0.25, 0.3) is 0 Å². The van der Waals surface area contributed by atoms with E-state index in [1.165, 1.54) is 37.8 Å². The summed E-state index contributed by atoms with van der Waals surface area (Å²) in [7, 11) is 0. The molecule has 1 aliphatic rings. The Labute approximate surface area is 99.3 Å². The molecule has 0 radical (unpaired) electrons. The largest absolute Gasteiger partial charge is 0.313 e. The third-order valence-corrected chi connectivity index (χ3v) is 3.95. The lowest BCUT2D eigenvalue weighted by Gasteiger charge is -2.35. The molecule has 1 aromatic carbocycles. The van der Waals surface area contributed by atoms with E-state index in [1.807, 2.05) is 0 Å². The van der Waals surface area contributed by atoms with E-state index in [2.05, 4.69) is 49.5 Å². The molecule has 88 valence electrons. The molecule has 1 nitrogen and oxygen atoms in total. The average molecular weight is 217 g/mol. The van der Waals surface area contributed by atoms with Crippen LogP contribution in [-0.2, 0) is 5.41 Å². The minimum absolute atomic E-state index is 0.242. The molecule has 1 fully saturated rings. The van der Waals surface area contributed by atoms with E-state index in [-0.39, 0.29) is 5.41 Å². The molecular weight excluding hydrogens is 194 g/mol. The minimum atomic E-state index is 0.242. The van der Waals surface area contributed by atoms with Gasteiger partial charge >= 0.3 is 0 Å². The first-order valence-corrected chi connectivity index (χ1v) is 6.50. The maximum atomic E-state index is 3.72. The Bertz CT molecular complexity index is 307. The molecule has 1 heteroatoms. The summed E-state index contributed by atoms with van der Waals surface area (Å²) < 4.78 is 0. The second-order valence-corrected chi connectivity index (χ2v) is 5.44. The first-order chi connectivity index (χ1) is 7.71. The minimum Gasteiger partial charge on any atom is -0.313 e. The van der Waals surface area contributed by atoms with Crippen molar-refractivity contribution in [2.75, 3.05) is 6.54 Å². The summed E-state index contributed by atoms with van der Waals surface area (Å²) >= 11 is 0. The van der Waals surface area contributed by atoms with Gasteiger partial charge in [0.05, 0.1) is 0 Å². The van der Waals surface area contributed by atoms with Crippen LogP contribution >= 0.6 is 0 Å². The van der Waals surface area contributed by atoms with E-state index in [4.69, 9.17) is 0 Å². The molecule has 1 saturated heterocycles. The molecule has 1 aromatic rings. The third-order valence-electron chi connectivity index (χ3n) is 3.95.